The fraction of sp³-hybridized carbons (Fsp3) is 0.500. The van der Waals surface area contributed by atoms with E-state index in [0.717, 1.165) is 19.6 Å². The maximum atomic E-state index is 13.4. The first-order valence-corrected chi connectivity index (χ1v) is 6.44. The summed E-state index contributed by atoms with van der Waals surface area (Å²) in [4.78, 5) is 14.2. The smallest absolute Gasteiger partial charge is 0.254 e. The van der Waals surface area contributed by atoms with E-state index in [1.807, 2.05) is 6.92 Å². The molecule has 0 bridgehead atoms. The van der Waals surface area contributed by atoms with E-state index in [1.54, 1.807) is 12.1 Å². The van der Waals surface area contributed by atoms with Gasteiger partial charge in [-0.25, -0.2) is 4.39 Å². The minimum atomic E-state index is -0.469. The molecule has 1 fully saturated rings. The monoisotopic (exact) mass is 250 g/mol. The predicted molar refractivity (Wildman–Crippen MR) is 69.0 cm³/mol. The molecule has 0 spiro atoms. The third kappa shape index (κ3) is 3.29. The molecular weight excluding hydrogens is 231 g/mol. The van der Waals surface area contributed by atoms with Crippen molar-refractivity contribution in [3.8, 4) is 0 Å². The molecule has 98 valence electrons. The van der Waals surface area contributed by atoms with Gasteiger partial charge in [0.25, 0.3) is 5.91 Å². The van der Waals surface area contributed by atoms with Gasteiger partial charge in [0.1, 0.15) is 5.82 Å². The number of hydrogen-bond donors (Lipinski definition) is 1. The van der Waals surface area contributed by atoms with Crippen molar-refractivity contribution in [1.29, 1.82) is 0 Å². The van der Waals surface area contributed by atoms with E-state index in [-0.39, 0.29) is 17.5 Å². The molecule has 1 aromatic rings. The van der Waals surface area contributed by atoms with Crippen molar-refractivity contribution in [3.63, 3.8) is 0 Å². The minimum Gasteiger partial charge on any atom is -0.348 e. The van der Waals surface area contributed by atoms with Crippen LogP contribution in [-0.4, -0.2) is 36.5 Å². The Morgan fingerprint density at radius 2 is 2.06 bits per heavy atom. The van der Waals surface area contributed by atoms with Gasteiger partial charge in [-0.15, -0.1) is 0 Å². The molecule has 1 aliphatic heterocycles. The van der Waals surface area contributed by atoms with E-state index < -0.39 is 5.82 Å². The Balaban J connectivity index is 1.88. The van der Waals surface area contributed by atoms with E-state index in [2.05, 4.69) is 10.2 Å². The number of rotatable bonds is 4. The fourth-order valence-corrected chi connectivity index (χ4v) is 2.35. The average Bonchev–Trinajstić information content (AvgIpc) is 2.82. The van der Waals surface area contributed by atoms with Crippen molar-refractivity contribution < 1.29 is 9.18 Å². The lowest BCUT2D eigenvalue weighted by atomic mass is 10.2. The molecule has 1 amide bonds. The number of amides is 1. The number of nitrogens with zero attached hydrogens (tertiary/aromatic N) is 1. The molecule has 1 unspecified atom stereocenters. The predicted octanol–water partition coefficient (Wildman–Crippen LogP) is 2.04. The summed E-state index contributed by atoms with van der Waals surface area (Å²) in [6.45, 7) is 4.98. The van der Waals surface area contributed by atoms with Crippen LogP contribution in [-0.2, 0) is 0 Å². The summed E-state index contributed by atoms with van der Waals surface area (Å²) in [7, 11) is 0. The van der Waals surface area contributed by atoms with Crippen LogP contribution in [0.1, 0.15) is 30.1 Å². The number of hydrogen-bond acceptors (Lipinski definition) is 2. The number of halogens is 1. The molecule has 1 aromatic carbocycles. The SMILES string of the molecule is CC(CN1CCCC1)NC(=O)c1ccccc1F. The highest BCUT2D eigenvalue weighted by atomic mass is 19.1. The summed E-state index contributed by atoms with van der Waals surface area (Å²) in [5.41, 5.74) is 0.116. The van der Waals surface area contributed by atoms with Crippen LogP contribution in [0.25, 0.3) is 0 Å². The first-order valence-electron chi connectivity index (χ1n) is 6.44. The Kier molecular flexibility index (Phi) is 4.31. The zero-order valence-electron chi connectivity index (χ0n) is 10.7. The fourth-order valence-electron chi connectivity index (χ4n) is 2.35. The van der Waals surface area contributed by atoms with Crippen LogP contribution in [0.5, 0.6) is 0 Å². The molecule has 2 rings (SSSR count). The van der Waals surface area contributed by atoms with Gasteiger partial charge >= 0.3 is 0 Å². The van der Waals surface area contributed by atoms with Gasteiger partial charge in [-0.2, -0.15) is 0 Å². The third-order valence-corrected chi connectivity index (χ3v) is 3.23. The maximum absolute atomic E-state index is 13.4. The second kappa shape index (κ2) is 5.96. The van der Waals surface area contributed by atoms with Crippen LogP contribution >= 0.6 is 0 Å². The normalized spacial score (nSPS) is 17.7. The van der Waals surface area contributed by atoms with E-state index >= 15 is 0 Å². The maximum Gasteiger partial charge on any atom is 0.254 e. The molecule has 1 atom stereocenters. The molecule has 0 radical (unpaired) electrons. The molecule has 0 aliphatic carbocycles. The molecule has 3 nitrogen and oxygen atoms in total. The lowest BCUT2D eigenvalue weighted by molar-refractivity contribution is 0.0928. The first kappa shape index (κ1) is 13.0. The van der Waals surface area contributed by atoms with Crippen molar-refractivity contribution in [2.24, 2.45) is 0 Å². The Morgan fingerprint density at radius 3 is 2.72 bits per heavy atom. The summed E-state index contributed by atoms with van der Waals surface area (Å²) >= 11 is 0. The second-order valence-corrected chi connectivity index (χ2v) is 4.86. The molecule has 1 aliphatic rings. The molecule has 1 saturated heterocycles. The van der Waals surface area contributed by atoms with Crippen LogP contribution in [0, 0.1) is 5.82 Å². The van der Waals surface area contributed by atoms with Crippen LogP contribution in [0.15, 0.2) is 24.3 Å². The highest BCUT2D eigenvalue weighted by Gasteiger charge is 2.17. The lowest BCUT2D eigenvalue weighted by Gasteiger charge is -2.21. The summed E-state index contributed by atoms with van der Waals surface area (Å²) in [5, 5.41) is 2.84. The zero-order chi connectivity index (χ0) is 13.0. The topological polar surface area (TPSA) is 32.3 Å². The van der Waals surface area contributed by atoms with Gasteiger partial charge < -0.3 is 10.2 Å². The Bertz CT molecular complexity index is 416. The Hall–Kier alpha value is -1.42. The van der Waals surface area contributed by atoms with Gasteiger partial charge in [0.05, 0.1) is 5.56 Å². The lowest BCUT2D eigenvalue weighted by Crippen LogP contribution is -2.41. The van der Waals surface area contributed by atoms with Gasteiger partial charge in [-0.1, -0.05) is 12.1 Å². The largest absolute Gasteiger partial charge is 0.348 e. The van der Waals surface area contributed by atoms with Gasteiger partial charge in [0, 0.05) is 12.6 Å². The zero-order valence-corrected chi connectivity index (χ0v) is 10.7. The van der Waals surface area contributed by atoms with Crippen molar-refractivity contribution in [2.45, 2.75) is 25.8 Å². The minimum absolute atomic E-state index is 0.0372. The molecular formula is C14H19FN2O. The van der Waals surface area contributed by atoms with Gasteiger partial charge in [0.2, 0.25) is 0 Å². The van der Waals surface area contributed by atoms with Crippen molar-refractivity contribution in [3.05, 3.63) is 35.6 Å². The van der Waals surface area contributed by atoms with Crippen LogP contribution in [0.3, 0.4) is 0 Å². The quantitative estimate of drug-likeness (QED) is 0.887. The van der Waals surface area contributed by atoms with Crippen molar-refractivity contribution in [1.82, 2.24) is 10.2 Å². The number of nitrogens with one attached hydrogen (secondary N) is 1. The number of likely N-dealkylation sites (tertiary alicyclic amines) is 1. The van der Waals surface area contributed by atoms with E-state index in [0.29, 0.717) is 0 Å². The van der Waals surface area contributed by atoms with Crippen LogP contribution in [0.2, 0.25) is 0 Å². The summed E-state index contributed by atoms with van der Waals surface area (Å²) in [6.07, 6.45) is 2.46. The Morgan fingerprint density at radius 1 is 1.39 bits per heavy atom. The number of carbonyl (C=O) groups is 1. The molecule has 4 heteroatoms. The molecule has 18 heavy (non-hydrogen) atoms. The second-order valence-electron chi connectivity index (χ2n) is 4.86. The molecule has 1 heterocycles. The highest BCUT2D eigenvalue weighted by Crippen LogP contribution is 2.09. The third-order valence-electron chi connectivity index (χ3n) is 3.23. The standard InChI is InChI=1S/C14H19FN2O/c1-11(10-17-8-4-5-9-17)16-14(18)12-6-2-3-7-13(12)15/h2-3,6-7,11H,4-5,8-10H2,1H3,(H,16,18). The average molecular weight is 250 g/mol. The molecule has 1 N–H and O–H groups in total. The molecule has 0 saturated carbocycles. The van der Waals surface area contributed by atoms with Gasteiger partial charge in [0.15, 0.2) is 0 Å². The summed E-state index contributed by atoms with van der Waals surface area (Å²) < 4.78 is 13.4. The summed E-state index contributed by atoms with van der Waals surface area (Å²) in [6, 6.07) is 6.10. The summed E-state index contributed by atoms with van der Waals surface area (Å²) in [5.74, 6) is -0.803. The van der Waals surface area contributed by atoms with Crippen molar-refractivity contribution in [2.75, 3.05) is 19.6 Å². The van der Waals surface area contributed by atoms with Gasteiger partial charge in [-0.3, -0.25) is 4.79 Å². The first-order chi connectivity index (χ1) is 8.66. The van der Waals surface area contributed by atoms with Gasteiger partial charge in [-0.05, 0) is 45.0 Å². The highest BCUT2D eigenvalue weighted by molar-refractivity contribution is 5.94. The number of carbonyl (C=O) groups excluding carboxylic acids is 1. The van der Waals surface area contributed by atoms with E-state index in [1.165, 1.54) is 25.0 Å². The van der Waals surface area contributed by atoms with Crippen LogP contribution < -0.4 is 5.32 Å². The van der Waals surface area contributed by atoms with E-state index in [9.17, 15) is 9.18 Å². The van der Waals surface area contributed by atoms with Crippen molar-refractivity contribution >= 4 is 5.91 Å². The van der Waals surface area contributed by atoms with E-state index in [4.69, 9.17) is 0 Å². The Labute approximate surface area is 107 Å². The van der Waals surface area contributed by atoms with Crippen LogP contribution in [0.4, 0.5) is 4.39 Å². The molecule has 0 aromatic heterocycles. The number of benzene rings is 1.